The van der Waals surface area contributed by atoms with Crippen molar-refractivity contribution in [3.8, 4) is 83.6 Å². The second-order valence-electron chi connectivity index (χ2n) is 29.0. The van der Waals surface area contributed by atoms with Gasteiger partial charge in [0.05, 0.1) is 11.0 Å². The minimum atomic E-state index is -0.148. The lowest BCUT2D eigenvalue weighted by atomic mass is 9.82. The van der Waals surface area contributed by atoms with Gasteiger partial charge in [-0.05, 0) is 245 Å². The molecule has 494 valence electrons. The van der Waals surface area contributed by atoms with E-state index in [-0.39, 0.29) is 10.8 Å². The lowest BCUT2D eigenvalue weighted by Crippen LogP contribution is -2.16. The van der Waals surface area contributed by atoms with Crippen LogP contribution in [-0.2, 0) is 10.8 Å². The fraction of sp³-hybridized carbons (Fsp3) is 0.0600. The van der Waals surface area contributed by atoms with E-state index < -0.39 is 0 Å². The molecule has 2 aromatic heterocycles. The van der Waals surface area contributed by atoms with Gasteiger partial charge in [-0.3, -0.25) is 0 Å². The Morgan fingerprint density at radius 3 is 0.952 bits per heavy atom. The second kappa shape index (κ2) is 24.4. The summed E-state index contributed by atoms with van der Waals surface area (Å²) in [5.41, 5.74) is 35.8. The highest BCUT2D eigenvalue weighted by molar-refractivity contribution is 6.13. The molecule has 0 saturated carbocycles. The molecule has 2 aliphatic carbocycles. The van der Waals surface area contributed by atoms with E-state index in [1.165, 1.54) is 72.0 Å². The summed E-state index contributed by atoms with van der Waals surface area (Å²) in [6.07, 6.45) is 3.78. The average molecular weight is 1330 g/mol. The van der Waals surface area contributed by atoms with Crippen LogP contribution in [0.3, 0.4) is 0 Å². The zero-order chi connectivity index (χ0) is 70.0. The van der Waals surface area contributed by atoms with Crippen LogP contribution in [0.5, 0.6) is 0 Å². The van der Waals surface area contributed by atoms with Gasteiger partial charge in [-0.1, -0.05) is 253 Å². The van der Waals surface area contributed by atoms with E-state index in [0.29, 0.717) is 0 Å². The molecule has 4 heteroatoms. The number of furan rings is 1. The first kappa shape index (κ1) is 62.0. The van der Waals surface area contributed by atoms with Crippen LogP contribution in [0, 0.1) is 0 Å². The van der Waals surface area contributed by atoms with E-state index in [9.17, 15) is 0 Å². The molecule has 17 aromatic rings. The monoisotopic (exact) mass is 1330 g/mol. The third-order valence-electron chi connectivity index (χ3n) is 22.4. The number of hydrogen-bond donors (Lipinski definition) is 0. The Labute approximate surface area is 607 Å². The van der Waals surface area contributed by atoms with E-state index >= 15 is 0 Å². The molecule has 104 heavy (non-hydrogen) atoms. The van der Waals surface area contributed by atoms with Gasteiger partial charge in [-0.2, -0.15) is 0 Å². The summed E-state index contributed by atoms with van der Waals surface area (Å²) < 4.78 is 9.05. The molecule has 0 atom stereocenters. The summed E-state index contributed by atoms with van der Waals surface area (Å²) in [6.45, 7) is 17.3. The Kier molecular flexibility index (Phi) is 14.5. The standard InChI is InChI=1S/C100H73N3O/c1-7-64-22-26-66(27-23-64)68-30-42-77(43-31-68)101(81-50-52-85-83-18-12-14-20-91(83)99(3,4)93(85)62-81)79-46-34-70(35-47-79)72-38-54-95-87(58-72)88-59-74(39-55-96(88)103(95)76-16-10-9-11-17-76)75-41-57-98-90(61-75)89-60-73(40-56-97(89)104-98)71-36-48-80(49-37-71)102(78-44-32-69(33-45-78)67-28-24-65(8-2)25-29-67)82-51-53-86-84-19-13-15-21-92(84)100(5,6)94(86)63-82/h7-63H,1-2H2,3-6H3. The number of anilines is 6. The van der Waals surface area contributed by atoms with Crippen LogP contribution in [0.2, 0.25) is 0 Å². The first-order valence-electron chi connectivity index (χ1n) is 36.0. The highest BCUT2D eigenvalue weighted by atomic mass is 16.3. The van der Waals surface area contributed by atoms with Crippen LogP contribution >= 0.6 is 0 Å². The molecule has 0 radical (unpaired) electrons. The number of rotatable bonds is 14. The van der Waals surface area contributed by atoms with Crippen molar-refractivity contribution in [1.29, 1.82) is 0 Å². The van der Waals surface area contributed by atoms with Crippen molar-refractivity contribution in [2.75, 3.05) is 9.80 Å². The van der Waals surface area contributed by atoms with Gasteiger partial charge in [0.15, 0.2) is 0 Å². The Hall–Kier alpha value is -13.0. The van der Waals surface area contributed by atoms with E-state index in [2.05, 4.69) is 389 Å². The zero-order valence-corrected chi connectivity index (χ0v) is 58.6. The van der Waals surface area contributed by atoms with E-state index in [1.807, 2.05) is 12.2 Å². The fourth-order valence-electron chi connectivity index (χ4n) is 16.8. The number of para-hydroxylation sites is 1. The number of aromatic nitrogens is 1. The summed E-state index contributed by atoms with van der Waals surface area (Å²) in [6, 6.07) is 123. The van der Waals surface area contributed by atoms with Crippen molar-refractivity contribution in [2.45, 2.75) is 38.5 Å². The minimum Gasteiger partial charge on any atom is -0.456 e. The molecule has 19 rings (SSSR count). The smallest absolute Gasteiger partial charge is 0.135 e. The maximum Gasteiger partial charge on any atom is 0.135 e. The molecule has 0 N–H and O–H groups in total. The normalized spacial score (nSPS) is 13.0. The molecule has 15 aromatic carbocycles. The number of nitrogens with zero attached hydrogens (tertiary/aromatic N) is 3. The molecule has 0 saturated heterocycles. The van der Waals surface area contributed by atoms with Crippen molar-refractivity contribution in [3.05, 3.63) is 380 Å². The van der Waals surface area contributed by atoms with Crippen molar-refractivity contribution < 1.29 is 4.42 Å². The molecular formula is C100H73N3O. The molecule has 0 bridgehead atoms. The van der Waals surface area contributed by atoms with Crippen LogP contribution in [0.15, 0.2) is 351 Å². The first-order chi connectivity index (χ1) is 50.9. The second-order valence-corrected chi connectivity index (χ2v) is 29.0. The van der Waals surface area contributed by atoms with Gasteiger partial charge in [0.25, 0.3) is 0 Å². The molecule has 0 amide bonds. The Balaban J connectivity index is 0.658. The zero-order valence-electron chi connectivity index (χ0n) is 58.6. The number of fused-ring (bicyclic) bond motifs is 12. The molecular weight excluding hydrogens is 1260 g/mol. The topological polar surface area (TPSA) is 24.6 Å². The van der Waals surface area contributed by atoms with Crippen LogP contribution in [0.4, 0.5) is 34.1 Å². The Bertz CT molecular complexity index is 6270. The van der Waals surface area contributed by atoms with Crippen molar-refractivity contribution in [1.82, 2.24) is 4.57 Å². The maximum atomic E-state index is 6.64. The van der Waals surface area contributed by atoms with Crippen molar-refractivity contribution in [2.24, 2.45) is 0 Å². The van der Waals surface area contributed by atoms with Gasteiger partial charge in [-0.25, -0.2) is 0 Å². The first-order valence-corrected chi connectivity index (χ1v) is 36.0. The largest absolute Gasteiger partial charge is 0.456 e. The molecule has 2 heterocycles. The van der Waals surface area contributed by atoms with Gasteiger partial charge < -0.3 is 18.8 Å². The van der Waals surface area contributed by atoms with Gasteiger partial charge in [0, 0.05) is 72.2 Å². The third kappa shape index (κ3) is 10.3. The lowest BCUT2D eigenvalue weighted by Gasteiger charge is -2.28. The summed E-state index contributed by atoms with van der Waals surface area (Å²) in [5.74, 6) is 0. The number of hydrogen-bond acceptors (Lipinski definition) is 3. The van der Waals surface area contributed by atoms with Gasteiger partial charge in [0.2, 0.25) is 0 Å². The summed E-state index contributed by atoms with van der Waals surface area (Å²) in [4.78, 5) is 4.80. The molecule has 0 spiro atoms. The molecule has 0 aliphatic heterocycles. The van der Waals surface area contributed by atoms with Gasteiger partial charge >= 0.3 is 0 Å². The minimum absolute atomic E-state index is 0.145. The third-order valence-corrected chi connectivity index (χ3v) is 22.4. The maximum absolute atomic E-state index is 6.64. The average Bonchev–Trinajstić information content (AvgIpc) is 1.59. The van der Waals surface area contributed by atoms with Crippen molar-refractivity contribution in [3.63, 3.8) is 0 Å². The molecule has 0 unspecified atom stereocenters. The molecule has 2 aliphatic rings. The molecule has 0 fully saturated rings. The quantitative estimate of drug-likeness (QED) is 0.108. The van der Waals surface area contributed by atoms with Crippen LogP contribution < -0.4 is 9.80 Å². The predicted molar refractivity (Wildman–Crippen MR) is 440 cm³/mol. The lowest BCUT2D eigenvalue weighted by molar-refractivity contribution is 0.660. The fourth-order valence-corrected chi connectivity index (χ4v) is 16.8. The summed E-state index contributed by atoms with van der Waals surface area (Å²) >= 11 is 0. The number of benzene rings is 15. The Morgan fingerprint density at radius 2 is 0.567 bits per heavy atom. The van der Waals surface area contributed by atoms with Gasteiger partial charge in [-0.15, -0.1) is 0 Å². The predicted octanol–water partition coefficient (Wildman–Crippen LogP) is 27.9. The van der Waals surface area contributed by atoms with Crippen LogP contribution in [0.1, 0.15) is 61.1 Å². The van der Waals surface area contributed by atoms with Crippen molar-refractivity contribution >= 4 is 90.0 Å². The van der Waals surface area contributed by atoms with E-state index in [0.717, 1.165) is 123 Å². The molecule has 4 nitrogen and oxygen atoms in total. The summed E-state index contributed by atoms with van der Waals surface area (Å²) in [5, 5.41) is 4.54. The van der Waals surface area contributed by atoms with Gasteiger partial charge in [0.1, 0.15) is 11.2 Å². The highest BCUT2D eigenvalue weighted by Crippen LogP contribution is 2.53. The Morgan fingerprint density at radius 1 is 0.269 bits per heavy atom. The van der Waals surface area contributed by atoms with Crippen LogP contribution in [0.25, 0.3) is 139 Å². The SMILES string of the molecule is C=Cc1ccc(-c2ccc(N(c3ccc(-c4ccc5oc6ccc(-c7ccc8c(c7)c7cc(-c9ccc(N(c%10ccc(-c%11ccc(C=C)cc%11)cc%10)c%10ccc%11c(c%10)C(C)(C)c%10ccccc%10-%11)cc9)ccc7n8-c7ccccc7)cc6c5c4)cc3)c3ccc4c(c3)C(C)(C)c3ccccc3-4)cc2)cc1. The van der Waals surface area contributed by atoms with Crippen LogP contribution in [-0.4, -0.2) is 4.57 Å². The van der Waals surface area contributed by atoms with E-state index in [1.54, 1.807) is 0 Å². The van der Waals surface area contributed by atoms with E-state index in [4.69, 9.17) is 4.42 Å². The highest BCUT2D eigenvalue weighted by Gasteiger charge is 2.37. The summed E-state index contributed by atoms with van der Waals surface area (Å²) in [7, 11) is 0.